The van der Waals surface area contributed by atoms with E-state index in [1.165, 1.54) is 33.3 Å². The zero-order valence-electron chi connectivity index (χ0n) is 16.1. The van der Waals surface area contributed by atoms with Gasteiger partial charge >= 0.3 is 0 Å². The lowest BCUT2D eigenvalue weighted by Gasteiger charge is -2.23. The Bertz CT molecular complexity index is 948. The number of aliphatic hydroxyl groups is 1. The number of hydrogen-bond acceptors (Lipinski definition) is 6. The minimum Gasteiger partial charge on any atom is -0.507 e. The van der Waals surface area contributed by atoms with Crippen molar-refractivity contribution in [3.8, 4) is 17.2 Å². The first-order chi connectivity index (χ1) is 13.4. The molecule has 0 radical (unpaired) electrons. The van der Waals surface area contributed by atoms with Crippen LogP contribution in [-0.4, -0.2) is 50.1 Å². The lowest BCUT2D eigenvalue weighted by atomic mass is 9.94. The Morgan fingerprint density at radius 2 is 1.54 bits per heavy atom. The number of methoxy groups -OCH3 is 3. The Balaban J connectivity index is 2.17. The van der Waals surface area contributed by atoms with Crippen LogP contribution in [0.5, 0.6) is 17.2 Å². The summed E-state index contributed by atoms with van der Waals surface area (Å²) in [5, 5.41) is 10.9. The third-order valence-corrected chi connectivity index (χ3v) is 4.77. The number of ketones is 1. The number of likely N-dealkylation sites (N-methyl/N-ethyl adjacent to an activating group) is 1. The van der Waals surface area contributed by atoms with Gasteiger partial charge in [-0.2, -0.15) is 0 Å². The van der Waals surface area contributed by atoms with Crippen LogP contribution in [0, 0.1) is 0 Å². The minimum absolute atomic E-state index is 0.00105. The average Bonchev–Trinajstić information content (AvgIpc) is 2.96. The Kier molecular flexibility index (Phi) is 5.26. The summed E-state index contributed by atoms with van der Waals surface area (Å²) in [5.41, 5.74) is 0.978. The Hall–Kier alpha value is -3.48. The van der Waals surface area contributed by atoms with Gasteiger partial charge in [-0.1, -0.05) is 0 Å². The number of rotatable bonds is 5. The minimum atomic E-state index is -0.789. The summed E-state index contributed by atoms with van der Waals surface area (Å²) in [6, 6.07) is 10.9. The second-order valence-electron chi connectivity index (χ2n) is 6.25. The molecule has 0 saturated carbocycles. The number of hydrogen-bond donors (Lipinski definition) is 1. The van der Waals surface area contributed by atoms with Gasteiger partial charge in [-0.25, -0.2) is 0 Å². The molecule has 1 amide bonds. The lowest BCUT2D eigenvalue weighted by molar-refractivity contribution is -0.139. The van der Waals surface area contributed by atoms with Gasteiger partial charge in [-0.15, -0.1) is 0 Å². The molecule has 1 atom stereocenters. The molecule has 2 aromatic carbocycles. The van der Waals surface area contributed by atoms with Gasteiger partial charge in [0.2, 0.25) is 0 Å². The van der Waals surface area contributed by atoms with Crippen molar-refractivity contribution in [1.82, 2.24) is 4.90 Å². The van der Waals surface area contributed by atoms with Gasteiger partial charge in [-0.3, -0.25) is 9.59 Å². The number of carbonyl (C=O) groups excluding carboxylic acids is 2. The maximum Gasteiger partial charge on any atom is 0.295 e. The fourth-order valence-electron chi connectivity index (χ4n) is 3.26. The number of amides is 1. The van der Waals surface area contributed by atoms with E-state index in [9.17, 15) is 14.7 Å². The monoisotopic (exact) mass is 383 g/mol. The molecular formula is C21H21NO6. The molecule has 1 heterocycles. The number of likely N-dealkylation sites (tertiary alicyclic amines) is 1. The van der Waals surface area contributed by atoms with Crippen molar-refractivity contribution < 1.29 is 28.9 Å². The predicted molar refractivity (Wildman–Crippen MR) is 103 cm³/mol. The zero-order valence-corrected chi connectivity index (χ0v) is 16.1. The molecule has 7 nitrogen and oxygen atoms in total. The third-order valence-electron chi connectivity index (χ3n) is 4.77. The van der Waals surface area contributed by atoms with Crippen LogP contribution in [0.3, 0.4) is 0 Å². The SMILES string of the molecule is COc1ccc(/C(O)=C2\C(=O)C(=O)N(C)[C@H]2c2ccc(OC)cc2OC)cc1. The van der Waals surface area contributed by atoms with Gasteiger partial charge < -0.3 is 24.2 Å². The Morgan fingerprint density at radius 1 is 0.929 bits per heavy atom. The molecule has 1 saturated heterocycles. The van der Waals surface area contributed by atoms with Crippen LogP contribution in [0.2, 0.25) is 0 Å². The van der Waals surface area contributed by atoms with E-state index in [1.807, 2.05) is 0 Å². The number of carbonyl (C=O) groups is 2. The molecule has 2 aromatic rings. The van der Waals surface area contributed by atoms with Gasteiger partial charge in [0.25, 0.3) is 11.7 Å². The molecule has 1 aliphatic rings. The second-order valence-corrected chi connectivity index (χ2v) is 6.25. The van der Waals surface area contributed by atoms with Gasteiger partial charge in [-0.05, 0) is 36.4 Å². The van der Waals surface area contributed by atoms with Crippen LogP contribution in [0.25, 0.3) is 5.76 Å². The van der Waals surface area contributed by atoms with E-state index in [1.54, 1.807) is 42.5 Å². The normalized spacial score (nSPS) is 18.3. The van der Waals surface area contributed by atoms with Crippen molar-refractivity contribution >= 4 is 17.4 Å². The molecular weight excluding hydrogens is 362 g/mol. The molecule has 3 rings (SSSR count). The van der Waals surface area contributed by atoms with E-state index < -0.39 is 17.7 Å². The molecule has 0 aromatic heterocycles. The average molecular weight is 383 g/mol. The van der Waals surface area contributed by atoms with Crippen LogP contribution in [0.15, 0.2) is 48.0 Å². The van der Waals surface area contributed by atoms with Gasteiger partial charge in [0.15, 0.2) is 0 Å². The first-order valence-electron chi connectivity index (χ1n) is 8.53. The molecule has 1 aliphatic heterocycles. The number of ether oxygens (including phenoxy) is 3. The van der Waals surface area contributed by atoms with E-state index in [0.29, 0.717) is 28.4 Å². The molecule has 1 N–H and O–H groups in total. The standard InChI is InChI=1S/C21H21NO6/c1-22-18(15-10-9-14(27-3)11-16(15)28-4)17(20(24)21(22)25)19(23)12-5-7-13(26-2)8-6-12/h5-11,18,23H,1-4H3/b19-17+/t18-/m0/s1. The van der Waals surface area contributed by atoms with Crippen molar-refractivity contribution in [1.29, 1.82) is 0 Å². The molecule has 0 spiro atoms. The molecule has 28 heavy (non-hydrogen) atoms. The van der Waals surface area contributed by atoms with Crippen LogP contribution < -0.4 is 14.2 Å². The maximum absolute atomic E-state index is 12.7. The summed E-state index contributed by atoms with van der Waals surface area (Å²) in [6.45, 7) is 0. The van der Waals surface area contributed by atoms with Gasteiger partial charge in [0.1, 0.15) is 23.0 Å². The highest BCUT2D eigenvalue weighted by Gasteiger charge is 2.45. The zero-order chi connectivity index (χ0) is 20.4. The Morgan fingerprint density at radius 3 is 2.11 bits per heavy atom. The summed E-state index contributed by atoms with van der Waals surface area (Å²) in [4.78, 5) is 26.4. The van der Waals surface area contributed by atoms with Crippen molar-refractivity contribution in [2.75, 3.05) is 28.4 Å². The predicted octanol–water partition coefficient (Wildman–Crippen LogP) is 2.76. The van der Waals surface area contributed by atoms with E-state index in [0.717, 1.165) is 0 Å². The van der Waals surface area contributed by atoms with Crippen LogP contribution in [0.1, 0.15) is 17.2 Å². The summed E-state index contributed by atoms with van der Waals surface area (Å²) >= 11 is 0. The molecule has 0 unspecified atom stereocenters. The summed E-state index contributed by atoms with van der Waals surface area (Å²) in [7, 11) is 6.07. The van der Waals surface area contributed by atoms with Crippen molar-refractivity contribution in [2.45, 2.75) is 6.04 Å². The Labute approximate surface area is 162 Å². The number of nitrogens with zero attached hydrogens (tertiary/aromatic N) is 1. The first-order valence-corrected chi connectivity index (χ1v) is 8.53. The van der Waals surface area contributed by atoms with E-state index in [-0.39, 0.29) is 11.3 Å². The maximum atomic E-state index is 12.7. The quantitative estimate of drug-likeness (QED) is 0.485. The fraction of sp³-hybridized carbons (Fsp3) is 0.238. The summed E-state index contributed by atoms with van der Waals surface area (Å²) < 4.78 is 15.8. The molecule has 7 heteroatoms. The smallest absolute Gasteiger partial charge is 0.295 e. The van der Waals surface area contributed by atoms with Gasteiger partial charge in [0.05, 0.1) is 32.9 Å². The van der Waals surface area contributed by atoms with Crippen LogP contribution in [0.4, 0.5) is 0 Å². The van der Waals surface area contributed by atoms with Crippen LogP contribution >= 0.6 is 0 Å². The summed E-state index contributed by atoms with van der Waals surface area (Å²) in [6.07, 6.45) is 0. The van der Waals surface area contributed by atoms with Crippen molar-refractivity contribution in [3.05, 3.63) is 59.2 Å². The van der Waals surface area contributed by atoms with Crippen LogP contribution in [-0.2, 0) is 9.59 Å². The fourth-order valence-corrected chi connectivity index (χ4v) is 3.26. The summed E-state index contributed by atoms with van der Waals surface area (Å²) in [5.74, 6) is -0.0757. The van der Waals surface area contributed by atoms with Crippen molar-refractivity contribution in [3.63, 3.8) is 0 Å². The van der Waals surface area contributed by atoms with Crippen molar-refractivity contribution in [2.24, 2.45) is 0 Å². The first kappa shape index (κ1) is 19.3. The number of benzene rings is 2. The second kappa shape index (κ2) is 7.64. The van der Waals surface area contributed by atoms with E-state index >= 15 is 0 Å². The molecule has 1 fully saturated rings. The lowest BCUT2D eigenvalue weighted by Crippen LogP contribution is -2.25. The van der Waals surface area contributed by atoms with E-state index in [2.05, 4.69) is 0 Å². The number of Topliss-reactive ketones (excluding diaryl/α,β-unsaturated/α-hetero) is 1. The highest BCUT2D eigenvalue weighted by molar-refractivity contribution is 6.46. The largest absolute Gasteiger partial charge is 0.507 e. The third kappa shape index (κ3) is 3.15. The van der Waals surface area contributed by atoms with E-state index in [4.69, 9.17) is 14.2 Å². The molecule has 0 aliphatic carbocycles. The van der Waals surface area contributed by atoms with Gasteiger partial charge in [0, 0.05) is 24.2 Å². The number of aliphatic hydroxyl groups excluding tert-OH is 1. The molecule has 146 valence electrons. The highest BCUT2D eigenvalue weighted by Crippen LogP contribution is 2.42. The molecule has 0 bridgehead atoms. The topological polar surface area (TPSA) is 85.3 Å². The highest BCUT2D eigenvalue weighted by atomic mass is 16.5.